The first-order valence-corrected chi connectivity index (χ1v) is 9.14. The summed E-state index contributed by atoms with van der Waals surface area (Å²) in [4.78, 5) is 0. The Morgan fingerprint density at radius 2 is 1.73 bits per heavy atom. The minimum Gasteiger partial charge on any atom is -0.314 e. The molecule has 0 aromatic heterocycles. The Balaban J connectivity index is 1.68. The van der Waals surface area contributed by atoms with E-state index in [0.29, 0.717) is 12.1 Å². The number of nitrogens with one attached hydrogen (secondary N) is 2. The van der Waals surface area contributed by atoms with Crippen molar-refractivity contribution in [1.29, 1.82) is 0 Å². The second kappa shape index (κ2) is 9.32. The molecule has 0 radical (unpaired) electrons. The van der Waals surface area contributed by atoms with Crippen LogP contribution in [0.2, 0.25) is 0 Å². The Bertz CT molecular complexity index is 401. The van der Waals surface area contributed by atoms with Crippen LogP contribution in [0.25, 0.3) is 0 Å². The maximum absolute atomic E-state index is 3.70. The van der Waals surface area contributed by atoms with Crippen molar-refractivity contribution in [1.82, 2.24) is 10.6 Å². The molecule has 0 spiro atoms. The maximum Gasteiger partial charge on any atom is 0.0207 e. The molecular weight excluding hydrogens is 268 g/mol. The molecule has 2 rings (SSSR count). The van der Waals surface area contributed by atoms with Crippen LogP contribution < -0.4 is 10.6 Å². The van der Waals surface area contributed by atoms with Gasteiger partial charge in [0, 0.05) is 18.6 Å². The second-order valence-corrected chi connectivity index (χ2v) is 7.46. The van der Waals surface area contributed by atoms with Gasteiger partial charge in [-0.15, -0.1) is 0 Å². The first-order valence-electron chi connectivity index (χ1n) is 9.14. The smallest absolute Gasteiger partial charge is 0.0207 e. The van der Waals surface area contributed by atoms with Gasteiger partial charge in [0.2, 0.25) is 0 Å². The van der Waals surface area contributed by atoms with Crippen molar-refractivity contribution >= 4 is 0 Å². The lowest BCUT2D eigenvalue weighted by Crippen LogP contribution is -2.34. The van der Waals surface area contributed by atoms with Gasteiger partial charge < -0.3 is 10.6 Å². The highest BCUT2D eigenvalue weighted by atomic mass is 14.9. The van der Waals surface area contributed by atoms with Crippen LogP contribution >= 0.6 is 0 Å². The fourth-order valence-corrected chi connectivity index (χ4v) is 3.68. The molecule has 0 heterocycles. The second-order valence-electron chi connectivity index (χ2n) is 7.46. The van der Waals surface area contributed by atoms with Crippen LogP contribution in [0.1, 0.15) is 58.4 Å². The van der Waals surface area contributed by atoms with Gasteiger partial charge in [-0.1, -0.05) is 57.0 Å². The quantitative estimate of drug-likeness (QED) is 0.745. The van der Waals surface area contributed by atoms with Crippen molar-refractivity contribution in [3.05, 3.63) is 35.9 Å². The standard InChI is InChI=1S/C20H34N2/c1-16(2)21-15-20-11-7-10-19(13-20)12-17(3)22-14-18-8-5-4-6-9-18/h4-6,8-9,16-17,19-22H,7,10-15H2,1-3H3. The van der Waals surface area contributed by atoms with Crippen LogP contribution in [-0.4, -0.2) is 18.6 Å². The lowest BCUT2D eigenvalue weighted by atomic mass is 9.78. The molecule has 2 nitrogen and oxygen atoms in total. The molecule has 3 atom stereocenters. The molecule has 22 heavy (non-hydrogen) atoms. The van der Waals surface area contributed by atoms with E-state index in [-0.39, 0.29) is 0 Å². The maximum atomic E-state index is 3.70. The molecule has 1 aromatic rings. The van der Waals surface area contributed by atoms with Gasteiger partial charge in [-0.05, 0) is 50.1 Å². The van der Waals surface area contributed by atoms with Crippen LogP contribution in [0.15, 0.2) is 30.3 Å². The Morgan fingerprint density at radius 1 is 1.00 bits per heavy atom. The van der Waals surface area contributed by atoms with Gasteiger partial charge in [-0.3, -0.25) is 0 Å². The van der Waals surface area contributed by atoms with Crippen molar-refractivity contribution < 1.29 is 0 Å². The summed E-state index contributed by atoms with van der Waals surface area (Å²) in [5.41, 5.74) is 1.39. The molecule has 1 aromatic carbocycles. The molecule has 124 valence electrons. The molecule has 1 aliphatic rings. The van der Waals surface area contributed by atoms with Gasteiger partial charge in [0.15, 0.2) is 0 Å². The number of hydrogen-bond acceptors (Lipinski definition) is 2. The SMILES string of the molecule is CC(C)NCC1CCCC(CC(C)NCc2ccccc2)C1. The lowest BCUT2D eigenvalue weighted by Gasteiger charge is -2.31. The molecule has 1 fully saturated rings. The zero-order chi connectivity index (χ0) is 15.8. The minimum absolute atomic E-state index is 0.613. The highest BCUT2D eigenvalue weighted by Crippen LogP contribution is 2.31. The summed E-state index contributed by atoms with van der Waals surface area (Å²) in [6, 6.07) is 12.0. The highest BCUT2D eigenvalue weighted by molar-refractivity contribution is 5.14. The molecule has 0 amide bonds. The fourth-order valence-electron chi connectivity index (χ4n) is 3.68. The zero-order valence-corrected chi connectivity index (χ0v) is 14.6. The Kier molecular flexibility index (Phi) is 7.41. The van der Waals surface area contributed by atoms with Crippen LogP contribution in [0.4, 0.5) is 0 Å². The topological polar surface area (TPSA) is 24.1 Å². The van der Waals surface area contributed by atoms with E-state index in [1.807, 2.05) is 0 Å². The van der Waals surface area contributed by atoms with Crippen molar-refractivity contribution in [3.8, 4) is 0 Å². The van der Waals surface area contributed by atoms with Crippen molar-refractivity contribution in [2.75, 3.05) is 6.54 Å². The first kappa shape index (κ1) is 17.5. The monoisotopic (exact) mass is 302 g/mol. The van der Waals surface area contributed by atoms with Crippen LogP contribution in [0, 0.1) is 11.8 Å². The summed E-state index contributed by atoms with van der Waals surface area (Å²) in [5, 5.41) is 7.32. The zero-order valence-electron chi connectivity index (χ0n) is 14.6. The molecule has 0 bridgehead atoms. The van der Waals surface area contributed by atoms with Gasteiger partial charge in [0.25, 0.3) is 0 Å². The van der Waals surface area contributed by atoms with Crippen LogP contribution in [0.5, 0.6) is 0 Å². The third kappa shape index (κ3) is 6.50. The Morgan fingerprint density at radius 3 is 2.45 bits per heavy atom. The normalized spacial score (nSPS) is 23.6. The van der Waals surface area contributed by atoms with Gasteiger partial charge in [-0.25, -0.2) is 0 Å². The van der Waals surface area contributed by atoms with Gasteiger partial charge in [0.05, 0.1) is 0 Å². The van der Waals surface area contributed by atoms with E-state index in [9.17, 15) is 0 Å². The van der Waals surface area contributed by atoms with Crippen molar-refractivity contribution in [3.63, 3.8) is 0 Å². The number of rotatable bonds is 8. The van der Waals surface area contributed by atoms with E-state index >= 15 is 0 Å². The summed E-state index contributed by atoms with van der Waals surface area (Å²) in [5.74, 6) is 1.80. The largest absolute Gasteiger partial charge is 0.314 e. The number of hydrogen-bond donors (Lipinski definition) is 2. The molecule has 2 N–H and O–H groups in total. The fraction of sp³-hybridized carbons (Fsp3) is 0.700. The van der Waals surface area contributed by atoms with E-state index in [2.05, 4.69) is 61.7 Å². The van der Waals surface area contributed by atoms with Crippen LogP contribution in [0.3, 0.4) is 0 Å². The van der Waals surface area contributed by atoms with E-state index in [0.717, 1.165) is 18.4 Å². The Labute approximate surface area is 137 Å². The average molecular weight is 303 g/mol. The predicted molar refractivity (Wildman–Crippen MR) is 95.9 cm³/mol. The minimum atomic E-state index is 0.613. The van der Waals surface area contributed by atoms with E-state index in [4.69, 9.17) is 0 Å². The average Bonchev–Trinajstić information content (AvgIpc) is 2.52. The molecule has 1 saturated carbocycles. The summed E-state index contributed by atoms with van der Waals surface area (Å²) in [6.45, 7) is 9.04. The summed E-state index contributed by atoms with van der Waals surface area (Å²) >= 11 is 0. The summed E-state index contributed by atoms with van der Waals surface area (Å²) < 4.78 is 0. The third-order valence-electron chi connectivity index (χ3n) is 4.89. The number of benzene rings is 1. The molecule has 0 aliphatic heterocycles. The van der Waals surface area contributed by atoms with E-state index in [1.165, 1.54) is 44.2 Å². The first-order chi connectivity index (χ1) is 10.6. The third-order valence-corrected chi connectivity index (χ3v) is 4.89. The molecular formula is C20H34N2. The molecule has 0 saturated heterocycles. The van der Waals surface area contributed by atoms with Crippen LogP contribution in [-0.2, 0) is 6.54 Å². The molecule has 1 aliphatic carbocycles. The molecule has 2 heteroatoms. The van der Waals surface area contributed by atoms with Gasteiger partial charge in [0.1, 0.15) is 0 Å². The van der Waals surface area contributed by atoms with Gasteiger partial charge in [-0.2, -0.15) is 0 Å². The molecule has 3 unspecified atom stereocenters. The van der Waals surface area contributed by atoms with E-state index < -0.39 is 0 Å². The van der Waals surface area contributed by atoms with Crippen molar-refractivity contribution in [2.45, 2.75) is 71.5 Å². The van der Waals surface area contributed by atoms with Gasteiger partial charge >= 0.3 is 0 Å². The van der Waals surface area contributed by atoms with Crippen molar-refractivity contribution in [2.24, 2.45) is 11.8 Å². The highest BCUT2D eigenvalue weighted by Gasteiger charge is 2.23. The summed E-state index contributed by atoms with van der Waals surface area (Å²) in [6.07, 6.45) is 7.00. The van der Waals surface area contributed by atoms with E-state index in [1.54, 1.807) is 0 Å². The Hall–Kier alpha value is -0.860. The predicted octanol–water partition coefficient (Wildman–Crippen LogP) is 4.36. The lowest BCUT2D eigenvalue weighted by molar-refractivity contribution is 0.230. The summed E-state index contributed by atoms with van der Waals surface area (Å²) in [7, 11) is 0.